The largest absolute Gasteiger partial charge is 0.462 e. The van der Waals surface area contributed by atoms with Crippen molar-refractivity contribution in [2.75, 3.05) is 30.5 Å². The number of ether oxygens (including phenoxy) is 6. The van der Waals surface area contributed by atoms with Gasteiger partial charge in [0, 0.05) is 55.1 Å². The summed E-state index contributed by atoms with van der Waals surface area (Å²) in [6.45, 7) is 5.18. The van der Waals surface area contributed by atoms with Crippen molar-refractivity contribution in [2.45, 2.75) is 66.3 Å². The van der Waals surface area contributed by atoms with Gasteiger partial charge in [-0.25, -0.2) is 0 Å². The fraction of sp³-hybridized carbons (Fsp3) is 0.481. The molecule has 1 aromatic carbocycles. The Bertz CT molecular complexity index is 1300. The number of hydrogen-bond donors (Lipinski definition) is 2. The molecule has 0 aromatic heterocycles. The van der Waals surface area contributed by atoms with Gasteiger partial charge in [0.2, 0.25) is 12.2 Å². The zero-order chi connectivity index (χ0) is 35.3. The number of benzene rings is 1. The van der Waals surface area contributed by atoms with E-state index >= 15 is 0 Å². The van der Waals surface area contributed by atoms with Gasteiger partial charge in [0.05, 0.1) is 14.9 Å². The van der Waals surface area contributed by atoms with Gasteiger partial charge in [-0.15, -0.1) is 0 Å². The van der Waals surface area contributed by atoms with Crippen molar-refractivity contribution in [2.24, 2.45) is 0 Å². The third-order valence-electron chi connectivity index (χ3n) is 5.22. The van der Waals surface area contributed by atoms with Gasteiger partial charge in [-0.05, 0) is 73.3 Å². The van der Waals surface area contributed by atoms with Crippen LogP contribution in [0.1, 0.15) is 47.1 Å². The van der Waals surface area contributed by atoms with Gasteiger partial charge in [-0.1, -0.05) is 0 Å². The van der Waals surface area contributed by atoms with E-state index in [0.717, 1.165) is 27.7 Å². The van der Waals surface area contributed by atoms with Crippen LogP contribution in [0.25, 0.3) is 0 Å². The first kappa shape index (κ1) is 41.2. The Balaban J connectivity index is 3.78. The Morgan fingerprint density at radius 1 is 0.522 bits per heavy atom. The molecule has 0 saturated carbocycles. The Hall–Kier alpha value is -2.83. The highest BCUT2D eigenvalue weighted by Gasteiger charge is 2.31. The first-order valence-electron chi connectivity index (χ1n) is 13.1. The van der Waals surface area contributed by atoms with Gasteiger partial charge in [0.1, 0.15) is 25.9 Å². The minimum absolute atomic E-state index is 0.0757. The molecule has 3 atom stereocenters. The Morgan fingerprint density at radius 3 is 1.20 bits per heavy atom. The highest BCUT2D eigenvalue weighted by molar-refractivity contribution is 14.1. The summed E-state index contributed by atoms with van der Waals surface area (Å²) in [6.07, 6.45) is -4.17. The molecule has 0 aliphatic heterocycles. The second-order valence-electron chi connectivity index (χ2n) is 9.19. The molecule has 1 rings (SSSR count). The molecule has 0 fully saturated rings. The van der Waals surface area contributed by atoms with Crippen molar-refractivity contribution in [3.8, 4) is 0 Å². The zero-order valence-corrected chi connectivity index (χ0v) is 31.9. The number of rotatable bonds is 15. The maximum atomic E-state index is 13.3. The Labute approximate surface area is 304 Å². The predicted octanol–water partition coefficient (Wildman–Crippen LogP) is 2.40. The molecule has 16 nitrogen and oxygen atoms in total. The van der Waals surface area contributed by atoms with Crippen molar-refractivity contribution in [3.05, 3.63) is 16.3 Å². The van der Waals surface area contributed by atoms with Crippen LogP contribution in [0.4, 0.5) is 11.4 Å². The third-order valence-corrected chi connectivity index (χ3v) is 8.68. The van der Waals surface area contributed by atoms with Crippen LogP contribution in [-0.4, -0.2) is 85.8 Å². The molecule has 2 amide bonds. The van der Waals surface area contributed by atoms with Crippen LogP contribution in [0, 0.1) is 10.7 Å². The van der Waals surface area contributed by atoms with E-state index in [-0.39, 0.29) is 28.0 Å². The summed E-state index contributed by atoms with van der Waals surface area (Å²) in [6, 6.07) is 0. The first-order chi connectivity index (χ1) is 21.3. The molecule has 46 heavy (non-hydrogen) atoms. The van der Waals surface area contributed by atoms with Gasteiger partial charge in [0.25, 0.3) is 11.8 Å². The highest BCUT2D eigenvalue weighted by Crippen LogP contribution is 2.40. The molecule has 19 heteroatoms. The number of amides is 2. The lowest BCUT2D eigenvalue weighted by Gasteiger charge is -2.25. The molecule has 2 N–H and O–H groups in total. The minimum atomic E-state index is -1.55. The van der Waals surface area contributed by atoms with Crippen molar-refractivity contribution in [1.29, 1.82) is 0 Å². The summed E-state index contributed by atoms with van der Waals surface area (Å²) < 4.78 is 31.3. The van der Waals surface area contributed by atoms with E-state index in [1.165, 1.54) is 13.8 Å². The maximum Gasteiger partial charge on any atom is 0.303 e. The zero-order valence-electron chi connectivity index (χ0n) is 25.4. The Morgan fingerprint density at radius 2 is 0.870 bits per heavy atom. The average Bonchev–Trinajstić information content (AvgIpc) is 2.93. The molecule has 0 aliphatic carbocycles. The molecular weight excluding hydrogens is 957 g/mol. The molecular formula is C27H31I3N2O14. The summed E-state index contributed by atoms with van der Waals surface area (Å²) in [5.41, 5.74) is 0.628. The lowest BCUT2D eigenvalue weighted by molar-refractivity contribution is -0.160. The highest BCUT2D eigenvalue weighted by atomic mass is 127. The number of anilines is 2. The predicted molar refractivity (Wildman–Crippen MR) is 182 cm³/mol. The molecule has 0 aliphatic rings. The van der Waals surface area contributed by atoms with Crippen LogP contribution < -0.4 is 10.6 Å². The van der Waals surface area contributed by atoms with E-state index in [1.807, 2.05) is 67.8 Å². The van der Waals surface area contributed by atoms with Crippen molar-refractivity contribution < 1.29 is 66.8 Å². The van der Waals surface area contributed by atoms with Crippen molar-refractivity contribution in [3.63, 3.8) is 0 Å². The Kier molecular flexibility index (Phi) is 17.7. The lowest BCUT2D eigenvalue weighted by atomic mass is 10.1. The quantitative estimate of drug-likeness (QED) is 0.147. The molecule has 3 unspecified atom stereocenters. The van der Waals surface area contributed by atoms with Crippen molar-refractivity contribution in [1.82, 2.24) is 0 Å². The average molecular weight is 988 g/mol. The topological polar surface area (TPSA) is 216 Å². The van der Waals surface area contributed by atoms with Crippen LogP contribution in [0.5, 0.6) is 0 Å². The van der Waals surface area contributed by atoms with Crippen LogP contribution >= 0.6 is 67.8 Å². The molecule has 0 saturated heterocycles. The van der Waals surface area contributed by atoms with Gasteiger partial charge < -0.3 is 39.1 Å². The van der Waals surface area contributed by atoms with E-state index in [1.54, 1.807) is 0 Å². The van der Waals surface area contributed by atoms with Gasteiger partial charge in [-0.2, -0.15) is 0 Å². The van der Waals surface area contributed by atoms with Crippen LogP contribution in [0.15, 0.2) is 0 Å². The van der Waals surface area contributed by atoms with E-state index in [9.17, 15) is 38.4 Å². The van der Waals surface area contributed by atoms with E-state index in [4.69, 9.17) is 28.4 Å². The molecule has 0 spiro atoms. The van der Waals surface area contributed by atoms with Crippen LogP contribution in [-0.2, 0) is 73.2 Å². The standard InChI is InChI=1S/C27H31I3N2O14/c1-11(33)41-8-17(44-14(4)36)7-18-21(28)24(31-26(39)19(45-15(5)37)9-42-12(2)34)23(30)25(22(18)29)32-27(40)20(46-16(6)38)10-43-13(3)35/h17,19-20H,7-10H2,1-6H3,(H,31,39)(H,32,40). The van der Waals surface area contributed by atoms with E-state index < -0.39 is 79.2 Å². The minimum Gasteiger partial charge on any atom is -0.462 e. The normalized spacial score (nSPS) is 12.4. The van der Waals surface area contributed by atoms with Gasteiger partial charge >= 0.3 is 35.8 Å². The number of nitrogens with one attached hydrogen (secondary N) is 2. The molecule has 0 bridgehead atoms. The number of esters is 6. The molecule has 0 heterocycles. The lowest BCUT2D eigenvalue weighted by Crippen LogP contribution is -2.38. The smallest absolute Gasteiger partial charge is 0.303 e. The van der Waals surface area contributed by atoms with Gasteiger partial charge in [-0.3, -0.25) is 38.4 Å². The third kappa shape index (κ3) is 14.3. The van der Waals surface area contributed by atoms with Crippen molar-refractivity contribution >= 4 is 127 Å². The summed E-state index contributed by atoms with van der Waals surface area (Å²) in [5, 5.41) is 5.26. The van der Waals surface area contributed by atoms with Crippen LogP contribution in [0.2, 0.25) is 0 Å². The molecule has 0 radical (unpaired) electrons. The number of hydrogen-bond acceptors (Lipinski definition) is 14. The number of carbonyl (C=O) groups excluding carboxylic acids is 8. The first-order valence-corrected chi connectivity index (χ1v) is 16.3. The second-order valence-corrected chi connectivity index (χ2v) is 12.4. The monoisotopic (exact) mass is 988 g/mol. The number of halogens is 3. The summed E-state index contributed by atoms with van der Waals surface area (Å²) in [7, 11) is 0. The SMILES string of the molecule is CC(=O)OCC(Cc1c(I)c(NC(=O)C(COC(C)=O)OC(C)=O)c(I)c(NC(=O)C(COC(C)=O)OC(C)=O)c1I)OC(C)=O. The van der Waals surface area contributed by atoms with E-state index in [0.29, 0.717) is 12.7 Å². The number of carbonyl (C=O) groups is 8. The molecule has 1 aromatic rings. The van der Waals surface area contributed by atoms with Crippen LogP contribution in [0.3, 0.4) is 0 Å². The molecule has 254 valence electrons. The fourth-order valence-corrected chi connectivity index (χ4v) is 7.59. The maximum absolute atomic E-state index is 13.3. The second kappa shape index (κ2) is 19.7. The summed E-state index contributed by atoms with van der Waals surface area (Å²) in [5.74, 6) is -6.18. The van der Waals surface area contributed by atoms with Gasteiger partial charge in [0.15, 0.2) is 0 Å². The van der Waals surface area contributed by atoms with E-state index in [2.05, 4.69) is 10.6 Å². The summed E-state index contributed by atoms with van der Waals surface area (Å²) in [4.78, 5) is 96.1. The fourth-order valence-electron chi connectivity index (χ4n) is 3.44. The summed E-state index contributed by atoms with van der Waals surface area (Å²) >= 11 is 5.66.